The maximum atomic E-state index is 6.35. The molecule has 1 heterocycles. The molecule has 2 heteroatoms. The van der Waals surface area contributed by atoms with Gasteiger partial charge in [0, 0.05) is 18.0 Å². The predicted molar refractivity (Wildman–Crippen MR) is 73.9 cm³/mol. The zero-order valence-electron chi connectivity index (χ0n) is 11.2. The van der Waals surface area contributed by atoms with Crippen LogP contribution in [-0.2, 0) is 0 Å². The SMILES string of the molecule is CCCNC1CC2(CCCC2)Oc2ccccc21. The molecule has 0 saturated heterocycles. The third kappa shape index (κ3) is 2.14. The van der Waals surface area contributed by atoms with Crippen molar-refractivity contribution >= 4 is 0 Å². The molecule has 18 heavy (non-hydrogen) atoms. The first-order valence-electron chi connectivity index (χ1n) is 7.34. The number of nitrogens with one attached hydrogen (secondary N) is 1. The maximum absolute atomic E-state index is 6.35. The smallest absolute Gasteiger partial charge is 0.124 e. The van der Waals surface area contributed by atoms with Gasteiger partial charge in [0.05, 0.1) is 0 Å². The summed E-state index contributed by atoms with van der Waals surface area (Å²) in [5.41, 5.74) is 1.48. The van der Waals surface area contributed by atoms with Gasteiger partial charge in [-0.05, 0) is 44.7 Å². The summed E-state index contributed by atoms with van der Waals surface area (Å²) in [6.07, 6.45) is 7.43. The van der Waals surface area contributed by atoms with Gasteiger partial charge in [-0.3, -0.25) is 0 Å². The lowest BCUT2D eigenvalue weighted by Gasteiger charge is -2.40. The van der Waals surface area contributed by atoms with E-state index in [1.807, 2.05) is 0 Å². The summed E-state index contributed by atoms with van der Waals surface area (Å²) >= 11 is 0. The molecule has 0 radical (unpaired) electrons. The van der Waals surface area contributed by atoms with Crippen molar-refractivity contribution in [3.8, 4) is 5.75 Å². The van der Waals surface area contributed by atoms with Crippen molar-refractivity contribution in [3.63, 3.8) is 0 Å². The highest BCUT2D eigenvalue weighted by molar-refractivity contribution is 5.39. The molecule has 1 atom stereocenters. The van der Waals surface area contributed by atoms with Gasteiger partial charge in [0.2, 0.25) is 0 Å². The number of para-hydroxylation sites is 1. The molecular weight excluding hydrogens is 222 g/mol. The molecule has 2 nitrogen and oxygen atoms in total. The monoisotopic (exact) mass is 245 g/mol. The molecule has 1 spiro atoms. The van der Waals surface area contributed by atoms with Crippen LogP contribution in [0.25, 0.3) is 0 Å². The molecule has 1 aromatic carbocycles. The summed E-state index contributed by atoms with van der Waals surface area (Å²) < 4.78 is 6.35. The molecule has 0 amide bonds. The summed E-state index contributed by atoms with van der Waals surface area (Å²) in [6.45, 7) is 3.32. The van der Waals surface area contributed by atoms with Crippen molar-refractivity contribution < 1.29 is 4.74 Å². The Morgan fingerprint density at radius 1 is 1.28 bits per heavy atom. The van der Waals surface area contributed by atoms with Gasteiger partial charge in [-0.2, -0.15) is 0 Å². The van der Waals surface area contributed by atoms with Crippen LogP contribution in [0.2, 0.25) is 0 Å². The van der Waals surface area contributed by atoms with Gasteiger partial charge in [-0.1, -0.05) is 25.1 Å². The first-order valence-corrected chi connectivity index (χ1v) is 7.34. The number of fused-ring (bicyclic) bond motifs is 1. The van der Waals surface area contributed by atoms with Crippen LogP contribution in [0.3, 0.4) is 0 Å². The molecule has 98 valence electrons. The summed E-state index contributed by atoms with van der Waals surface area (Å²) in [6, 6.07) is 9.03. The molecule has 3 rings (SSSR count). The largest absolute Gasteiger partial charge is 0.487 e. The zero-order valence-corrected chi connectivity index (χ0v) is 11.2. The molecule has 1 unspecified atom stereocenters. The van der Waals surface area contributed by atoms with Gasteiger partial charge in [0.25, 0.3) is 0 Å². The Balaban J connectivity index is 1.88. The second-order valence-electron chi connectivity index (χ2n) is 5.74. The van der Waals surface area contributed by atoms with Crippen LogP contribution in [0.5, 0.6) is 5.75 Å². The van der Waals surface area contributed by atoms with E-state index in [0.717, 1.165) is 18.7 Å². The minimum Gasteiger partial charge on any atom is -0.487 e. The van der Waals surface area contributed by atoms with Crippen molar-refractivity contribution in [2.24, 2.45) is 0 Å². The van der Waals surface area contributed by atoms with Crippen LogP contribution in [0.1, 0.15) is 57.1 Å². The highest BCUT2D eigenvalue weighted by Crippen LogP contribution is 2.46. The van der Waals surface area contributed by atoms with Crippen molar-refractivity contribution in [3.05, 3.63) is 29.8 Å². The minimum atomic E-state index is 0.125. The van der Waals surface area contributed by atoms with Crippen molar-refractivity contribution in [1.29, 1.82) is 0 Å². The van der Waals surface area contributed by atoms with E-state index in [-0.39, 0.29) is 5.60 Å². The van der Waals surface area contributed by atoms with E-state index in [1.165, 1.54) is 37.7 Å². The van der Waals surface area contributed by atoms with Crippen LogP contribution in [0, 0.1) is 0 Å². The number of hydrogen-bond donors (Lipinski definition) is 1. The highest BCUT2D eigenvalue weighted by atomic mass is 16.5. The molecule has 1 aliphatic heterocycles. The van der Waals surface area contributed by atoms with Crippen LogP contribution in [0.15, 0.2) is 24.3 Å². The average Bonchev–Trinajstić information content (AvgIpc) is 2.84. The third-order valence-electron chi connectivity index (χ3n) is 4.35. The molecule has 2 aliphatic rings. The highest BCUT2D eigenvalue weighted by Gasteiger charge is 2.42. The van der Waals surface area contributed by atoms with Crippen molar-refractivity contribution in [2.75, 3.05) is 6.54 Å². The Morgan fingerprint density at radius 2 is 2.06 bits per heavy atom. The van der Waals surface area contributed by atoms with Crippen molar-refractivity contribution in [1.82, 2.24) is 5.32 Å². The summed E-state index contributed by atoms with van der Waals surface area (Å²) in [4.78, 5) is 0. The molecule has 0 aromatic heterocycles. The fraction of sp³-hybridized carbons (Fsp3) is 0.625. The maximum Gasteiger partial charge on any atom is 0.124 e. The molecule has 0 bridgehead atoms. The fourth-order valence-electron chi connectivity index (χ4n) is 3.44. The fourth-order valence-corrected chi connectivity index (χ4v) is 3.44. The Morgan fingerprint density at radius 3 is 2.83 bits per heavy atom. The molecule has 1 aliphatic carbocycles. The molecule has 1 fully saturated rings. The van der Waals surface area contributed by atoms with Crippen molar-refractivity contribution in [2.45, 2.75) is 57.1 Å². The van der Waals surface area contributed by atoms with Crippen LogP contribution < -0.4 is 10.1 Å². The second-order valence-corrected chi connectivity index (χ2v) is 5.74. The lowest BCUT2D eigenvalue weighted by Crippen LogP contribution is -2.42. The standard InChI is InChI=1S/C16H23NO/c1-2-11-17-14-12-16(9-5-6-10-16)18-15-8-4-3-7-13(14)15/h3-4,7-8,14,17H,2,5-6,9-12H2,1H3. The number of rotatable bonds is 3. The molecule has 1 saturated carbocycles. The van der Waals surface area contributed by atoms with Gasteiger partial charge < -0.3 is 10.1 Å². The van der Waals surface area contributed by atoms with Gasteiger partial charge >= 0.3 is 0 Å². The quantitative estimate of drug-likeness (QED) is 0.874. The normalized spacial score (nSPS) is 24.8. The number of ether oxygens (including phenoxy) is 1. The first-order chi connectivity index (χ1) is 8.83. The van der Waals surface area contributed by atoms with Gasteiger partial charge in [0.1, 0.15) is 11.4 Å². The van der Waals surface area contributed by atoms with E-state index >= 15 is 0 Å². The van der Waals surface area contributed by atoms with Crippen LogP contribution >= 0.6 is 0 Å². The second kappa shape index (κ2) is 4.93. The summed E-state index contributed by atoms with van der Waals surface area (Å²) in [5.74, 6) is 1.11. The number of hydrogen-bond acceptors (Lipinski definition) is 2. The molecule has 1 aromatic rings. The third-order valence-corrected chi connectivity index (χ3v) is 4.35. The Bertz CT molecular complexity index is 409. The topological polar surface area (TPSA) is 21.3 Å². The van der Waals surface area contributed by atoms with E-state index < -0.39 is 0 Å². The summed E-state index contributed by atoms with van der Waals surface area (Å²) in [7, 11) is 0. The average molecular weight is 245 g/mol. The molecular formula is C16H23NO. The Labute approximate surface area is 110 Å². The van der Waals surface area contributed by atoms with E-state index in [0.29, 0.717) is 6.04 Å². The Hall–Kier alpha value is -1.02. The first kappa shape index (κ1) is 12.0. The predicted octanol–water partition coefficient (Wildman–Crippen LogP) is 3.82. The lowest BCUT2D eigenvalue weighted by molar-refractivity contribution is 0.0368. The zero-order chi connectivity index (χ0) is 12.4. The number of benzene rings is 1. The van der Waals surface area contributed by atoms with E-state index in [1.54, 1.807) is 0 Å². The van der Waals surface area contributed by atoms with Gasteiger partial charge in [-0.15, -0.1) is 0 Å². The lowest BCUT2D eigenvalue weighted by atomic mass is 9.86. The molecule has 1 N–H and O–H groups in total. The summed E-state index contributed by atoms with van der Waals surface area (Å²) in [5, 5.41) is 3.70. The van der Waals surface area contributed by atoms with E-state index in [4.69, 9.17) is 4.74 Å². The van der Waals surface area contributed by atoms with E-state index in [2.05, 4.69) is 36.5 Å². The van der Waals surface area contributed by atoms with E-state index in [9.17, 15) is 0 Å². The van der Waals surface area contributed by atoms with Gasteiger partial charge in [0.15, 0.2) is 0 Å². The van der Waals surface area contributed by atoms with Crippen LogP contribution in [0.4, 0.5) is 0 Å². The Kier molecular flexibility index (Phi) is 3.29. The van der Waals surface area contributed by atoms with Crippen LogP contribution in [-0.4, -0.2) is 12.1 Å². The van der Waals surface area contributed by atoms with Gasteiger partial charge in [-0.25, -0.2) is 0 Å². The minimum absolute atomic E-state index is 0.125.